The summed E-state index contributed by atoms with van der Waals surface area (Å²) in [5.74, 6) is 0.804. The highest BCUT2D eigenvalue weighted by Gasteiger charge is 2.36. The molecule has 1 aromatic carbocycles. The summed E-state index contributed by atoms with van der Waals surface area (Å²) in [6.07, 6.45) is 1.50. The van der Waals surface area contributed by atoms with Gasteiger partial charge in [-0.15, -0.1) is 0 Å². The van der Waals surface area contributed by atoms with E-state index in [4.69, 9.17) is 9.47 Å². The van der Waals surface area contributed by atoms with Gasteiger partial charge < -0.3 is 19.5 Å². The van der Waals surface area contributed by atoms with Crippen LogP contribution < -0.4 is 9.47 Å². The molecule has 0 saturated carbocycles. The van der Waals surface area contributed by atoms with Crippen LogP contribution in [0.2, 0.25) is 0 Å². The number of ether oxygens (including phenoxy) is 2. The van der Waals surface area contributed by atoms with Crippen LogP contribution in [0.1, 0.15) is 28.4 Å². The first-order valence-corrected chi connectivity index (χ1v) is 7.76. The topological polar surface area (TPSA) is 71.9 Å². The van der Waals surface area contributed by atoms with Gasteiger partial charge in [0.1, 0.15) is 11.3 Å². The van der Waals surface area contributed by atoms with Crippen molar-refractivity contribution in [1.29, 1.82) is 0 Å². The van der Waals surface area contributed by atoms with Crippen molar-refractivity contribution in [3.05, 3.63) is 53.7 Å². The number of aliphatic hydroxyl groups is 1. The van der Waals surface area contributed by atoms with E-state index in [1.54, 1.807) is 30.3 Å². The van der Waals surface area contributed by atoms with Crippen molar-refractivity contribution < 1.29 is 19.4 Å². The number of hydrogen-bond acceptors (Lipinski definition) is 5. The summed E-state index contributed by atoms with van der Waals surface area (Å²) in [5.41, 5.74) is 1.32. The molecule has 2 atom stereocenters. The van der Waals surface area contributed by atoms with Crippen LogP contribution in [0, 0.1) is 0 Å². The second-order valence-corrected chi connectivity index (χ2v) is 5.70. The molecular weight excluding hydrogens is 308 g/mol. The van der Waals surface area contributed by atoms with Crippen molar-refractivity contribution >= 4 is 5.91 Å². The summed E-state index contributed by atoms with van der Waals surface area (Å²) in [5, 5.41) is 10.1. The Morgan fingerprint density at radius 3 is 2.83 bits per heavy atom. The number of carbonyl (C=O) groups is 1. The Kier molecular flexibility index (Phi) is 4.66. The van der Waals surface area contributed by atoms with Gasteiger partial charge in [0.05, 0.1) is 26.4 Å². The second-order valence-electron chi connectivity index (χ2n) is 5.70. The minimum atomic E-state index is -0.562. The normalized spacial score (nSPS) is 20.0. The number of aliphatic hydroxyl groups excluding tert-OH is 1. The second kappa shape index (κ2) is 6.88. The Morgan fingerprint density at radius 1 is 1.25 bits per heavy atom. The third kappa shape index (κ3) is 3.05. The van der Waals surface area contributed by atoms with Gasteiger partial charge in [-0.25, -0.2) is 4.98 Å². The van der Waals surface area contributed by atoms with Gasteiger partial charge in [-0.05, 0) is 36.2 Å². The number of methoxy groups -OCH3 is 2. The number of aromatic nitrogens is 1. The zero-order valence-corrected chi connectivity index (χ0v) is 13.7. The summed E-state index contributed by atoms with van der Waals surface area (Å²) in [7, 11) is 3.09. The molecule has 0 radical (unpaired) electrons. The molecule has 1 N–H and O–H groups in total. The first kappa shape index (κ1) is 16.3. The number of β-amino-alcohol motifs (C(OH)–C–C–N with tert-alkyl or cyclic N) is 1. The van der Waals surface area contributed by atoms with Gasteiger partial charge in [-0.2, -0.15) is 0 Å². The van der Waals surface area contributed by atoms with Crippen molar-refractivity contribution in [3.8, 4) is 11.6 Å². The highest BCUT2D eigenvalue weighted by atomic mass is 16.5. The zero-order chi connectivity index (χ0) is 17.1. The number of nitrogens with zero attached hydrogens (tertiary/aromatic N) is 2. The van der Waals surface area contributed by atoms with E-state index in [-0.39, 0.29) is 24.4 Å². The lowest BCUT2D eigenvalue weighted by Gasteiger charge is -2.25. The van der Waals surface area contributed by atoms with E-state index in [9.17, 15) is 9.90 Å². The van der Waals surface area contributed by atoms with E-state index in [2.05, 4.69) is 4.98 Å². The molecule has 1 aromatic heterocycles. The fraction of sp³-hybridized carbons (Fsp3) is 0.333. The monoisotopic (exact) mass is 328 g/mol. The summed E-state index contributed by atoms with van der Waals surface area (Å²) in [6.45, 7) is 0.277. The van der Waals surface area contributed by atoms with Crippen molar-refractivity contribution in [2.45, 2.75) is 18.6 Å². The van der Waals surface area contributed by atoms with E-state index >= 15 is 0 Å². The lowest BCUT2D eigenvalue weighted by Crippen LogP contribution is -2.32. The van der Waals surface area contributed by atoms with Gasteiger partial charge in [0, 0.05) is 12.7 Å². The summed E-state index contributed by atoms with van der Waals surface area (Å²) >= 11 is 0. The lowest BCUT2D eigenvalue weighted by atomic mass is 10.0. The standard InChI is InChI=1S/C18H20N2O4/c1-23-14-6-3-5-12(9-14)16-10-13(21)11-20(16)18(22)15-7-4-8-19-17(15)24-2/h3-9,13,16,21H,10-11H2,1-2H3/t13-,16-/m1/s1. The molecule has 0 bridgehead atoms. The Bertz CT molecular complexity index is 734. The van der Waals surface area contributed by atoms with E-state index in [1.165, 1.54) is 7.11 Å². The van der Waals surface area contributed by atoms with Gasteiger partial charge in [-0.1, -0.05) is 12.1 Å². The van der Waals surface area contributed by atoms with Gasteiger partial charge in [0.15, 0.2) is 0 Å². The van der Waals surface area contributed by atoms with Crippen LogP contribution in [0.5, 0.6) is 11.6 Å². The Balaban J connectivity index is 1.94. The van der Waals surface area contributed by atoms with Gasteiger partial charge in [0.2, 0.25) is 5.88 Å². The number of benzene rings is 1. The maximum atomic E-state index is 13.0. The third-order valence-corrected chi connectivity index (χ3v) is 4.21. The summed E-state index contributed by atoms with van der Waals surface area (Å²) in [6, 6.07) is 10.7. The third-order valence-electron chi connectivity index (χ3n) is 4.21. The number of rotatable bonds is 4. The fourth-order valence-corrected chi connectivity index (χ4v) is 3.07. The Labute approximate surface area is 140 Å². The van der Waals surface area contributed by atoms with Gasteiger partial charge in [0.25, 0.3) is 5.91 Å². The Morgan fingerprint density at radius 2 is 2.08 bits per heavy atom. The van der Waals surface area contributed by atoms with Crippen LogP contribution in [-0.2, 0) is 0 Å². The Hall–Kier alpha value is -2.60. The summed E-state index contributed by atoms with van der Waals surface area (Å²) in [4.78, 5) is 18.7. The molecule has 1 saturated heterocycles. The first-order chi connectivity index (χ1) is 11.6. The van der Waals surface area contributed by atoms with Crippen LogP contribution in [0.15, 0.2) is 42.6 Å². The molecule has 2 heterocycles. The SMILES string of the molecule is COc1cccc([C@H]2C[C@@H](O)CN2C(=O)c2cccnc2OC)c1. The average Bonchev–Trinajstić information content (AvgIpc) is 3.03. The highest BCUT2D eigenvalue weighted by molar-refractivity contribution is 5.96. The molecule has 0 aliphatic carbocycles. The first-order valence-electron chi connectivity index (χ1n) is 7.76. The van der Waals surface area contributed by atoms with E-state index in [1.807, 2.05) is 24.3 Å². The predicted octanol–water partition coefficient (Wildman–Crippen LogP) is 2.05. The largest absolute Gasteiger partial charge is 0.497 e. The molecule has 6 heteroatoms. The molecule has 0 unspecified atom stereocenters. The molecule has 1 aliphatic rings. The van der Waals surface area contributed by atoms with Crippen molar-refractivity contribution in [2.24, 2.45) is 0 Å². The van der Waals surface area contributed by atoms with E-state index < -0.39 is 6.10 Å². The molecule has 126 valence electrons. The average molecular weight is 328 g/mol. The van der Waals surface area contributed by atoms with Crippen LogP contribution in [0.25, 0.3) is 0 Å². The minimum Gasteiger partial charge on any atom is -0.497 e. The smallest absolute Gasteiger partial charge is 0.259 e. The molecule has 2 aromatic rings. The van der Waals surface area contributed by atoms with Crippen LogP contribution in [0.3, 0.4) is 0 Å². The van der Waals surface area contributed by atoms with Crippen LogP contribution >= 0.6 is 0 Å². The van der Waals surface area contributed by atoms with Gasteiger partial charge >= 0.3 is 0 Å². The van der Waals surface area contributed by atoms with Crippen LogP contribution in [0.4, 0.5) is 0 Å². The molecule has 1 fully saturated rings. The number of likely N-dealkylation sites (tertiary alicyclic amines) is 1. The molecule has 24 heavy (non-hydrogen) atoms. The van der Waals surface area contributed by atoms with E-state index in [0.29, 0.717) is 12.0 Å². The number of amides is 1. The van der Waals surface area contributed by atoms with E-state index in [0.717, 1.165) is 11.3 Å². The van der Waals surface area contributed by atoms with Gasteiger partial charge in [-0.3, -0.25) is 4.79 Å². The van der Waals surface area contributed by atoms with Crippen molar-refractivity contribution in [3.63, 3.8) is 0 Å². The maximum Gasteiger partial charge on any atom is 0.259 e. The molecule has 1 amide bonds. The van der Waals surface area contributed by atoms with Crippen LogP contribution in [-0.4, -0.2) is 47.8 Å². The molecule has 3 rings (SSSR count). The molecule has 6 nitrogen and oxygen atoms in total. The fourth-order valence-electron chi connectivity index (χ4n) is 3.07. The number of pyridine rings is 1. The lowest BCUT2D eigenvalue weighted by molar-refractivity contribution is 0.0711. The maximum absolute atomic E-state index is 13.0. The zero-order valence-electron chi connectivity index (χ0n) is 13.7. The number of carbonyl (C=O) groups excluding carboxylic acids is 1. The molecule has 1 aliphatic heterocycles. The number of hydrogen-bond donors (Lipinski definition) is 1. The molecule has 0 spiro atoms. The predicted molar refractivity (Wildman–Crippen MR) is 88.2 cm³/mol. The summed E-state index contributed by atoms with van der Waals surface area (Å²) < 4.78 is 10.5. The van der Waals surface area contributed by atoms with Crippen molar-refractivity contribution in [1.82, 2.24) is 9.88 Å². The minimum absolute atomic E-state index is 0.204. The quantitative estimate of drug-likeness (QED) is 0.930. The highest BCUT2D eigenvalue weighted by Crippen LogP contribution is 2.35. The molecular formula is C18H20N2O4. The van der Waals surface area contributed by atoms with Crippen molar-refractivity contribution in [2.75, 3.05) is 20.8 Å².